The summed E-state index contributed by atoms with van der Waals surface area (Å²) >= 11 is 0. The molecule has 1 fully saturated rings. The zero-order valence-electron chi connectivity index (χ0n) is 12.0. The summed E-state index contributed by atoms with van der Waals surface area (Å²) in [6.45, 7) is 6.84. The highest BCUT2D eigenvalue weighted by Crippen LogP contribution is 2.23. The molecule has 1 aromatic carbocycles. The van der Waals surface area contributed by atoms with E-state index in [1.807, 2.05) is 12.1 Å². The van der Waals surface area contributed by atoms with Crippen molar-refractivity contribution < 1.29 is 4.74 Å². The first-order valence-electron chi connectivity index (χ1n) is 7.08. The summed E-state index contributed by atoms with van der Waals surface area (Å²) in [4.78, 5) is 2.56. The monoisotopic (exact) mass is 263 g/mol. The molecule has 4 nitrogen and oxygen atoms in total. The minimum Gasteiger partial charge on any atom is -0.495 e. The molecule has 3 N–H and O–H groups in total. The van der Waals surface area contributed by atoms with Gasteiger partial charge in [-0.15, -0.1) is 0 Å². The van der Waals surface area contributed by atoms with Gasteiger partial charge in [-0.3, -0.25) is 4.90 Å². The van der Waals surface area contributed by atoms with Crippen LogP contribution in [-0.2, 0) is 6.42 Å². The van der Waals surface area contributed by atoms with Gasteiger partial charge in [0.15, 0.2) is 0 Å². The van der Waals surface area contributed by atoms with Crippen LogP contribution in [0.1, 0.15) is 18.9 Å². The highest BCUT2D eigenvalue weighted by Gasteiger charge is 2.16. The fourth-order valence-electron chi connectivity index (χ4n) is 2.69. The van der Waals surface area contributed by atoms with Crippen LogP contribution in [0.5, 0.6) is 5.75 Å². The Morgan fingerprint density at radius 1 is 1.37 bits per heavy atom. The van der Waals surface area contributed by atoms with Crippen LogP contribution in [-0.4, -0.2) is 44.2 Å². The average molecular weight is 263 g/mol. The van der Waals surface area contributed by atoms with Crippen LogP contribution in [0.4, 0.5) is 5.69 Å². The second-order valence-electron chi connectivity index (χ2n) is 5.27. The van der Waals surface area contributed by atoms with E-state index in [2.05, 4.69) is 23.2 Å². The van der Waals surface area contributed by atoms with Crippen molar-refractivity contribution in [1.82, 2.24) is 10.2 Å². The number of nitrogens with two attached hydrogens (primary N) is 1. The van der Waals surface area contributed by atoms with E-state index < -0.39 is 0 Å². The summed E-state index contributed by atoms with van der Waals surface area (Å²) in [5, 5.41) is 3.44. The fourth-order valence-corrected chi connectivity index (χ4v) is 2.69. The minimum absolute atomic E-state index is 0.549. The Labute approximate surface area is 115 Å². The smallest absolute Gasteiger partial charge is 0.141 e. The maximum Gasteiger partial charge on any atom is 0.141 e. The summed E-state index contributed by atoms with van der Waals surface area (Å²) in [7, 11) is 1.65. The summed E-state index contributed by atoms with van der Waals surface area (Å²) < 4.78 is 5.19. The maximum atomic E-state index is 5.96. The molecule has 1 unspecified atom stereocenters. The number of rotatable bonds is 4. The minimum atomic E-state index is 0.549. The Hall–Kier alpha value is -1.26. The number of nitrogens with one attached hydrogen (secondary N) is 1. The largest absolute Gasteiger partial charge is 0.495 e. The normalized spacial score (nSPS) is 18.8. The zero-order chi connectivity index (χ0) is 13.7. The van der Waals surface area contributed by atoms with Crippen molar-refractivity contribution in [3.8, 4) is 5.75 Å². The quantitative estimate of drug-likeness (QED) is 0.808. The van der Waals surface area contributed by atoms with Gasteiger partial charge in [0.25, 0.3) is 0 Å². The number of methoxy groups -OCH3 is 1. The third kappa shape index (κ3) is 3.85. The number of benzene rings is 1. The topological polar surface area (TPSA) is 50.5 Å². The first-order chi connectivity index (χ1) is 9.20. The molecule has 19 heavy (non-hydrogen) atoms. The molecule has 1 aromatic rings. The first-order valence-corrected chi connectivity index (χ1v) is 7.08. The van der Waals surface area contributed by atoms with Crippen LogP contribution in [0.15, 0.2) is 18.2 Å². The third-order valence-corrected chi connectivity index (χ3v) is 3.82. The lowest BCUT2D eigenvalue weighted by Crippen LogP contribution is -2.37. The average Bonchev–Trinajstić information content (AvgIpc) is 2.68. The summed E-state index contributed by atoms with van der Waals surface area (Å²) in [5.74, 6) is 0.760. The van der Waals surface area contributed by atoms with Crippen molar-refractivity contribution in [3.05, 3.63) is 23.8 Å². The fraction of sp³-hybridized carbons (Fsp3) is 0.600. The summed E-state index contributed by atoms with van der Waals surface area (Å²) in [6.07, 6.45) is 2.27. The molecule has 0 aliphatic carbocycles. The Balaban J connectivity index is 1.97. The van der Waals surface area contributed by atoms with Crippen LogP contribution in [0.3, 0.4) is 0 Å². The van der Waals surface area contributed by atoms with E-state index in [-0.39, 0.29) is 0 Å². The van der Waals surface area contributed by atoms with Gasteiger partial charge in [-0.1, -0.05) is 6.07 Å². The number of anilines is 1. The Kier molecular flexibility index (Phi) is 5.05. The lowest BCUT2D eigenvalue weighted by Gasteiger charge is -2.27. The molecule has 2 rings (SSSR count). The Bertz CT molecular complexity index is 400. The first kappa shape index (κ1) is 14.2. The molecule has 0 radical (unpaired) electrons. The van der Waals surface area contributed by atoms with Gasteiger partial charge >= 0.3 is 0 Å². The molecular weight excluding hydrogens is 238 g/mol. The van der Waals surface area contributed by atoms with Crippen molar-refractivity contribution in [2.24, 2.45) is 0 Å². The molecular formula is C15H25N3O. The lowest BCUT2D eigenvalue weighted by atomic mass is 10.0. The standard InChI is InChI=1S/C15H25N3O/c1-12(18-8-3-6-17-7-9-18)10-13-4-5-15(19-2)14(16)11-13/h4-5,11-12,17H,3,6-10,16H2,1-2H3. The van der Waals surface area contributed by atoms with Crippen LogP contribution in [0.25, 0.3) is 0 Å². The molecule has 0 spiro atoms. The second-order valence-corrected chi connectivity index (χ2v) is 5.27. The van der Waals surface area contributed by atoms with Crippen LogP contribution < -0.4 is 15.8 Å². The number of nitrogens with zero attached hydrogens (tertiary/aromatic N) is 1. The number of ether oxygens (including phenoxy) is 1. The SMILES string of the molecule is COc1ccc(CC(C)N2CCCNCC2)cc1N. The number of nitrogen functional groups attached to an aromatic ring is 1. The molecule has 1 aliphatic rings. The molecule has 0 amide bonds. The van der Waals surface area contributed by atoms with Crippen LogP contribution in [0.2, 0.25) is 0 Å². The van der Waals surface area contributed by atoms with Gasteiger partial charge in [-0.25, -0.2) is 0 Å². The molecule has 0 bridgehead atoms. The van der Waals surface area contributed by atoms with Crippen molar-refractivity contribution in [1.29, 1.82) is 0 Å². The molecule has 1 heterocycles. The lowest BCUT2D eigenvalue weighted by molar-refractivity contribution is 0.221. The molecule has 0 aromatic heterocycles. The molecule has 1 aliphatic heterocycles. The third-order valence-electron chi connectivity index (χ3n) is 3.82. The van der Waals surface area contributed by atoms with E-state index in [0.29, 0.717) is 6.04 Å². The van der Waals surface area contributed by atoms with Gasteiger partial charge < -0.3 is 15.8 Å². The molecule has 1 atom stereocenters. The molecule has 106 valence electrons. The highest BCUT2D eigenvalue weighted by atomic mass is 16.5. The number of hydrogen-bond acceptors (Lipinski definition) is 4. The van der Waals surface area contributed by atoms with E-state index in [1.165, 1.54) is 18.5 Å². The predicted octanol–water partition coefficient (Wildman–Crippen LogP) is 1.50. The molecule has 4 heteroatoms. The highest BCUT2D eigenvalue weighted by molar-refractivity contribution is 5.54. The van der Waals surface area contributed by atoms with Crippen molar-refractivity contribution >= 4 is 5.69 Å². The Morgan fingerprint density at radius 2 is 2.21 bits per heavy atom. The van der Waals surface area contributed by atoms with Gasteiger partial charge in [0.05, 0.1) is 12.8 Å². The summed E-state index contributed by atoms with van der Waals surface area (Å²) in [6, 6.07) is 6.65. The van der Waals surface area contributed by atoms with E-state index in [4.69, 9.17) is 10.5 Å². The van der Waals surface area contributed by atoms with Gasteiger partial charge in [0, 0.05) is 19.1 Å². The van der Waals surface area contributed by atoms with E-state index in [1.54, 1.807) is 7.11 Å². The molecule has 1 saturated heterocycles. The van der Waals surface area contributed by atoms with Crippen molar-refractivity contribution in [3.63, 3.8) is 0 Å². The Morgan fingerprint density at radius 3 is 2.95 bits per heavy atom. The van der Waals surface area contributed by atoms with Gasteiger partial charge in [0.1, 0.15) is 5.75 Å². The van der Waals surface area contributed by atoms with Crippen LogP contribution >= 0.6 is 0 Å². The van der Waals surface area contributed by atoms with E-state index in [0.717, 1.165) is 37.5 Å². The zero-order valence-corrected chi connectivity index (χ0v) is 12.0. The van der Waals surface area contributed by atoms with Crippen LogP contribution in [0, 0.1) is 0 Å². The van der Waals surface area contributed by atoms with Gasteiger partial charge in [-0.2, -0.15) is 0 Å². The van der Waals surface area contributed by atoms with Gasteiger partial charge in [0.2, 0.25) is 0 Å². The van der Waals surface area contributed by atoms with Crippen molar-refractivity contribution in [2.45, 2.75) is 25.8 Å². The second kappa shape index (κ2) is 6.78. The van der Waals surface area contributed by atoms with E-state index >= 15 is 0 Å². The predicted molar refractivity (Wildman–Crippen MR) is 79.6 cm³/mol. The number of hydrogen-bond donors (Lipinski definition) is 2. The maximum absolute atomic E-state index is 5.96. The summed E-state index contributed by atoms with van der Waals surface area (Å²) in [5.41, 5.74) is 7.97. The molecule has 0 saturated carbocycles. The van der Waals surface area contributed by atoms with Gasteiger partial charge in [-0.05, 0) is 50.6 Å². The van der Waals surface area contributed by atoms with E-state index in [9.17, 15) is 0 Å². The van der Waals surface area contributed by atoms with Crippen molar-refractivity contribution in [2.75, 3.05) is 39.0 Å².